The fourth-order valence-corrected chi connectivity index (χ4v) is 4.98. The average molecular weight is 510 g/mol. The minimum absolute atomic E-state index is 0.0345. The van der Waals surface area contributed by atoms with Crippen molar-refractivity contribution in [2.45, 2.75) is 37.8 Å². The van der Waals surface area contributed by atoms with Gasteiger partial charge in [-0.2, -0.15) is 5.09 Å². The number of aromatic nitrogens is 4. The van der Waals surface area contributed by atoms with Crippen molar-refractivity contribution < 1.29 is 37.4 Å². The predicted octanol–water partition coefficient (Wildman–Crippen LogP) is 1.55. The molecule has 5 atom stereocenters. The number of hydrogen-bond donors (Lipinski definition) is 3. The molecule has 1 saturated heterocycles. The molecular weight excluding hydrogens is 486 g/mol. The van der Waals surface area contributed by atoms with Gasteiger partial charge in [-0.25, -0.2) is 23.9 Å². The summed E-state index contributed by atoms with van der Waals surface area (Å²) >= 11 is 0. The Morgan fingerprint density at radius 1 is 1.37 bits per heavy atom. The number of hydrogen-bond acceptors (Lipinski definition) is 11. The van der Waals surface area contributed by atoms with Crippen LogP contribution in [0.5, 0.6) is 5.75 Å². The van der Waals surface area contributed by atoms with Crippen LogP contribution in [-0.2, 0) is 23.4 Å². The number of nitrogens with two attached hydrogens (primary N) is 1. The van der Waals surface area contributed by atoms with E-state index in [9.17, 15) is 18.9 Å². The van der Waals surface area contributed by atoms with Gasteiger partial charge >= 0.3 is 13.7 Å². The van der Waals surface area contributed by atoms with Crippen molar-refractivity contribution in [2.75, 3.05) is 19.5 Å². The molecule has 2 aromatic heterocycles. The summed E-state index contributed by atoms with van der Waals surface area (Å²) in [7, 11) is -3.03. The highest BCUT2D eigenvalue weighted by molar-refractivity contribution is 7.52. The number of esters is 1. The molecule has 0 amide bonds. The van der Waals surface area contributed by atoms with E-state index < -0.39 is 44.0 Å². The van der Waals surface area contributed by atoms with Gasteiger partial charge in [0, 0.05) is 6.42 Å². The molecule has 4 rings (SSSR count). The zero-order valence-corrected chi connectivity index (χ0v) is 19.7. The number of nitrogens with zero attached hydrogens (tertiary/aromatic N) is 4. The molecule has 0 spiro atoms. The highest BCUT2D eigenvalue weighted by Gasteiger charge is 2.39. The first-order chi connectivity index (χ1) is 16.7. The zero-order valence-electron chi connectivity index (χ0n) is 18.8. The number of aliphatic hydroxyl groups excluding tert-OH is 1. The first-order valence-corrected chi connectivity index (χ1v) is 12.1. The molecule has 0 aliphatic carbocycles. The largest absolute Gasteiger partial charge is 0.468 e. The Kier molecular flexibility index (Phi) is 7.28. The van der Waals surface area contributed by atoms with Crippen LogP contribution in [0.15, 0.2) is 36.9 Å². The van der Waals surface area contributed by atoms with Crippen molar-refractivity contribution in [2.24, 2.45) is 0 Å². The number of benzene rings is 1. The molecule has 188 valence electrons. The van der Waals surface area contributed by atoms with Crippen LogP contribution in [0, 0.1) is 5.82 Å². The molecule has 3 heterocycles. The van der Waals surface area contributed by atoms with E-state index in [-0.39, 0.29) is 24.6 Å². The van der Waals surface area contributed by atoms with E-state index in [1.165, 1.54) is 38.8 Å². The molecule has 1 unspecified atom stereocenters. The molecule has 3 aromatic rings. The Morgan fingerprint density at radius 2 is 2.11 bits per heavy atom. The number of carbonyl (C=O) groups excluding carboxylic acids is 1. The van der Waals surface area contributed by atoms with Gasteiger partial charge in [0.25, 0.3) is 0 Å². The summed E-state index contributed by atoms with van der Waals surface area (Å²) in [5, 5.41) is 13.0. The lowest BCUT2D eigenvalue weighted by Gasteiger charge is -2.24. The van der Waals surface area contributed by atoms with Crippen molar-refractivity contribution in [1.82, 2.24) is 24.6 Å². The van der Waals surface area contributed by atoms with E-state index in [1.54, 1.807) is 4.57 Å². The standard InChI is InChI=1S/C20H24FN6O7P/c1-11(20(29)31-2)26-35(30,34-13-5-3-12(21)4-6-13)32-8-15-14(28)7-16(33-15)27-10-25-17-18(22)23-9-24-19(17)27/h3-6,9-11,14-16,28H,7-8H2,1-2H3,(H,26,30)(H2,22,23,24)/t11-,14+,15+,16+,35?/m0/s1. The third kappa shape index (κ3) is 5.57. The Labute approximate surface area is 199 Å². The third-order valence-corrected chi connectivity index (χ3v) is 6.90. The smallest absolute Gasteiger partial charge is 0.459 e. The van der Waals surface area contributed by atoms with Crippen LogP contribution in [0.1, 0.15) is 19.6 Å². The number of fused-ring (bicyclic) bond motifs is 1. The van der Waals surface area contributed by atoms with Crippen molar-refractivity contribution in [1.29, 1.82) is 0 Å². The lowest BCUT2D eigenvalue weighted by molar-refractivity contribution is -0.142. The number of halogens is 1. The van der Waals surface area contributed by atoms with Crippen molar-refractivity contribution in [3.63, 3.8) is 0 Å². The summed E-state index contributed by atoms with van der Waals surface area (Å²) < 4.78 is 49.8. The summed E-state index contributed by atoms with van der Waals surface area (Å²) in [6, 6.07) is 3.68. The maximum Gasteiger partial charge on any atom is 0.459 e. The predicted molar refractivity (Wildman–Crippen MR) is 119 cm³/mol. The normalized spacial score (nSPS) is 22.6. The summed E-state index contributed by atoms with van der Waals surface area (Å²) in [6.45, 7) is 1.05. The molecule has 1 fully saturated rings. The van der Waals surface area contributed by atoms with Crippen LogP contribution < -0.4 is 15.3 Å². The fraction of sp³-hybridized carbons (Fsp3) is 0.400. The number of methoxy groups -OCH3 is 1. The number of imidazole rings is 1. The second-order valence-electron chi connectivity index (χ2n) is 7.73. The van der Waals surface area contributed by atoms with Crippen LogP contribution in [0.4, 0.5) is 10.2 Å². The summed E-state index contributed by atoms with van der Waals surface area (Å²) in [4.78, 5) is 24.1. The van der Waals surface area contributed by atoms with Gasteiger partial charge in [-0.05, 0) is 31.2 Å². The second-order valence-corrected chi connectivity index (χ2v) is 9.42. The highest BCUT2D eigenvalue weighted by Crippen LogP contribution is 2.46. The Morgan fingerprint density at radius 3 is 2.83 bits per heavy atom. The molecule has 1 aromatic carbocycles. The van der Waals surface area contributed by atoms with E-state index in [2.05, 4.69) is 24.8 Å². The van der Waals surface area contributed by atoms with Crippen LogP contribution >= 0.6 is 7.75 Å². The molecule has 0 radical (unpaired) electrons. The molecule has 1 aliphatic rings. The van der Waals surface area contributed by atoms with E-state index in [4.69, 9.17) is 19.5 Å². The first kappa shape index (κ1) is 24.9. The minimum atomic E-state index is -4.20. The second kappa shape index (κ2) is 10.2. The van der Waals surface area contributed by atoms with Gasteiger partial charge in [0.2, 0.25) is 0 Å². The fourth-order valence-electron chi connectivity index (χ4n) is 3.48. The van der Waals surface area contributed by atoms with E-state index in [1.807, 2.05) is 0 Å². The molecule has 4 N–H and O–H groups in total. The topological polar surface area (TPSA) is 173 Å². The van der Waals surface area contributed by atoms with Crippen LogP contribution in [0.3, 0.4) is 0 Å². The van der Waals surface area contributed by atoms with Gasteiger partial charge in [0.1, 0.15) is 41.8 Å². The average Bonchev–Trinajstić information content (AvgIpc) is 3.42. The molecule has 35 heavy (non-hydrogen) atoms. The number of nitrogen functional groups attached to an aromatic ring is 1. The number of carbonyl (C=O) groups is 1. The Hall–Kier alpha value is -3.16. The lowest BCUT2D eigenvalue weighted by Crippen LogP contribution is -2.36. The molecular formula is C20H24FN6O7P. The molecule has 15 heteroatoms. The molecule has 0 saturated carbocycles. The SMILES string of the molecule is COC(=O)[C@H](C)NP(=O)(OC[C@H]1O[C@@H](n2cnc3c(N)ncnc32)C[C@H]1O)Oc1ccc(F)cc1. The van der Waals surface area contributed by atoms with Crippen molar-refractivity contribution >= 4 is 30.7 Å². The van der Waals surface area contributed by atoms with Crippen molar-refractivity contribution in [3.05, 3.63) is 42.7 Å². The van der Waals surface area contributed by atoms with E-state index >= 15 is 0 Å². The Balaban J connectivity index is 1.48. The Bertz CT molecular complexity index is 1240. The summed E-state index contributed by atoms with van der Waals surface area (Å²) in [5.41, 5.74) is 6.64. The van der Waals surface area contributed by atoms with Gasteiger partial charge in [0.15, 0.2) is 11.5 Å². The molecule has 1 aliphatic heterocycles. The number of nitrogens with one attached hydrogen (secondary N) is 1. The minimum Gasteiger partial charge on any atom is -0.468 e. The van der Waals surface area contributed by atoms with Crippen LogP contribution in [0.25, 0.3) is 11.2 Å². The molecule has 0 bridgehead atoms. The van der Waals surface area contributed by atoms with E-state index in [0.29, 0.717) is 11.2 Å². The van der Waals surface area contributed by atoms with E-state index in [0.717, 1.165) is 12.1 Å². The van der Waals surface area contributed by atoms with Gasteiger partial charge in [0.05, 0.1) is 26.1 Å². The van der Waals surface area contributed by atoms with Crippen LogP contribution in [-0.4, -0.2) is 62.6 Å². The van der Waals surface area contributed by atoms with Gasteiger partial charge in [-0.1, -0.05) is 0 Å². The third-order valence-electron chi connectivity index (χ3n) is 5.26. The monoisotopic (exact) mass is 510 g/mol. The number of rotatable bonds is 9. The maximum atomic E-state index is 13.4. The van der Waals surface area contributed by atoms with Crippen molar-refractivity contribution in [3.8, 4) is 5.75 Å². The van der Waals surface area contributed by atoms with Gasteiger partial charge in [-0.15, -0.1) is 0 Å². The zero-order chi connectivity index (χ0) is 25.2. The van der Waals surface area contributed by atoms with Gasteiger partial charge < -0.3 is 24.8 Å². The summed E-state index contributed by atoms with van der Waals surface area (Å²) in [5.74, 6) is -0.984. The summed E-state index contributed by atoms with van der Waals surface area (Å²) in [6.07, 6.45) is 0.374. The number of anilines is 1. The highest BCUT2D eigenvalue weighted by atomic mass is 31.2. The van der Waals surface area contributed by atoms with Crippen LogP contribution in [0.2, 0.25) is 0 Å². The quantitative estimate of drug-likeness (QED) is 0.280. The first-order valence-electron chi connectivity index (χ1n) is 10.5. The molecule has 13 nitrogen and oxygen atoms in total. The van der Waals surface area contributed by atoms with Gasteiger partial charge in [-0.3, -0.25) is 13.9 Å². The lowest BCUT2D eigenvalue weighted by atomic mass is 10.2. The number of aliphatic hydroxyl groups is 1. The number of ether oxygens (including phenoxy) is 2. The maximum absolute atomic E-state index is 13.4.